The lowest BCUT2D eigenvalue weighted by Crippen LogP contribution is -1.83. The lowest BCUT2D eigenvalue weighted by Gasteiger charge is -2.00. The van der Waals surface area contributed by atoms with Crippen molar-refractivity contribution in [3.05, 3.63) is 113 Å². The van der Waals surface area contributed by atoms with E-state index in [2.05, 4.69) is 58.4 Å². The highest BCUT2D eigenvalue weighted by molar-refractivity contribution is 14.1. The predicted octanol–water partition coefficient (Wildman–Crippen LogP) is 5.94. The molecule has 0 aromatic heterocycles. The van der Waals surface area contributed by atoms with Crippen LogP contribution in [-0.4, -0.2) is 0 Å². The summed E-state index contributed by atoms with van der Waals surface area (Å²) in [5, 5.41) is 0. The van der Waals surface area contributed by atoms with Gasteiger partial charge in [-0.15, -0.1) is 0 Å². The topological polar surface area (TPSA) is 0 Å². The summed E-state index contributed by atoms with van der Waals surface area (Å²) in [6.07, 6.45) is 0. The Bertz CT molecular complexity index is 918. The van der Waals surface area contributed by atoms with Crippen molar-refractivity contribution in [1.82, 2.24) is 0 Å². The van der Waals surface area contributed by atoms with E-state index < -0.39 is 0 Å². The SMILES string of the molecule is IC(=C(C#Cc1ccccc1)C#Cc1ccccc1)c1ccccc1. The van der Waals surface area contributed by atoms with Crippen LogP contribution in [0.5, 0.6) is 0 Å². The Morgan fingerprint density at radius 2 is 0.960 bits per heavy atom. The van der Waals surface area contributed by atoms with Gasteiger partial charge in [-0.2, -0.15) is 0 Å². The van der Waals surface area contributed by atoms with Crippen LogP contribution < -0.4 is 0 Å². The molecule has 0 spiro atoms. The highest BCUT2D eigenvalue weighted by atomic mass is 127. The van der Waals surface area contributed by atoms with Gasteiger partial charge in [0.25, 0.3) is 0 Å². The summed E-state index contributed by atoms with van der Waals surface area (Å²) < 4.78 is 1.06. The smallest absolute Gasteiger partial charge is 0.0622 e. The van der Waals surface area contributed by atoms with Crippen LogP contribution in [0.2, 0.25) is 0 Å². The molecule has 0 atom stereocenters. The van der Waals surface area contributed by atoms with E-state index in [1.807, 2.05) is 78.9 Å². The molecule has 0 fully saturated rings. The second kappa shape index (κ2) is 8.92. The maximum absolute atomic E-state index is 3.25. The van der Waals surface area contributed by atoms with E-state index in [9.17, 15) is 0 Å². The van der Waals surface area contributed by atoms with Gasteiger partial charge in [-0.25, -0.2) is 0 Å². The summed E-state index contributed by atoms with van der Waals surface area (Å²) in [6.45, 7) is 0. The molecule has 0 aliphatic carbocycles. The number of hydrogen-bond acceptors (Lipinski definition) is 0. The van der Waals surface area contributed by atoms with Gasteiger partial charge in [0.2, 0.25) is 0 Å². The van der Waals surface area contributed by atoms with Gasteiger partial charge in [0.05, 0.1) is 5.57 Å². The summed E-state index contributed by atoms with van der Waals surface area (Å²) in [4.78, 5) is 0. The first-order chi connectivity index (χ1) is 12.3. The molecule has 0 aliphatic rings. The zero-order valence-corrected chi connectivity index (χ0v) is 15.7. The van der Waals surface area contributed by atoms with Crippen molar-refractivity contribution in [2.45, 2.75) is 0 Å². The molecule has 0 nitrogen and oxygen atoms in total. The van der Waals surface area contributed by atoms with Crippen molar-refractivity contribution >= 4 is 26.2 Å². The summed E-state index contributed by atoms with van der Waals surface area (Å²) in [5.41, 5.74) is 3.93. The Morgan fingerprint density at radius 1 is 0.560 bits per heavy atom. The molecule has 0 aliphatic heterocycles. The normalized spacial score (nSPS) is 9.16. The molecule has 0 unspecified atom stereocenters. The van der Waals surface area contributed by atoms with Crippen LogP contribution in [0.25, 0.3) is 3.58 Å². The van der Waals surface area contributed by atoms with Crippen LogP contribution in [0, 0.1) is 23.7 Å². The first-order valence-corrected chi connectivity index (χ1v) is 9.00. The van der Waals surface area contributed by atoms with Crippen LogP contribution in [0.15, 0.2) is 96.6 Å². The van der Waals surface area contributed by atoms with E-state index in [0.717, 1.165) is 25.8 Å². The minimum atomic E-state index is 0.833. The molecule has 0 N–H and O–H groups in total. The highest BCUT2D eigenvalue weighted by Crippen LogP contribution is 2.25. The zero-order chi connectivity index (χ0) is 17.3. The Labute approximate surface area is 162 Å². The third kappa shape index (κ3) is 5.11. The maximum atomic E-state index is 3.25. The van der Waals surface area contributed by atoms with Crippen molar-refractivity contribution in [2.24, 2.45) is 0 Å². The number of halogens is 1. The van der Waals surface area contributed by atoms with Crippen molar-refractivity contribution in [1.29, 1.82) is 0 Å². The fourth-order valence-electron chi connectivity index (χ4n) is 2.18. The van der Waals surface area contributed by atoms with E-state index in [1.165, 1.54) is 0 Å². The van der Waals surface area contributed by atoms with Gasteiger partial charge in [0, 0.05) is 14.7 Å². The largest absolute Gasteiger partial charge is 0.0890 e. The van der Waals surface area contributed by atoms with E-state index >= 15 is 0 Å². The minimum absolute atomic E-state index is 0.833. The fraction of sp³-hybridized carbons (Fsp3) is 0. The van der Waals surface area contributed by atoms with Crippen molar-refractivity contribution in [3.63, 3.8) is 0 Å². The molecule has 3 rings (SSSR count). The van der Waals surface area contributed by atoms with E-state index in [1.54, 1.807) is 0 Å². The second-order valence-corrected chi connectivity index (χ2v) is 6.37. The van der Waals surface area contributed by atoms with Gasteiger partial charge in [-0.1, -0.05) is 90.4 Å². The number of allylic oxidation sites excluding steroid dienone is 1. The molecule has 25 heavy (non-hydrogen) atoms. The van der Waals surface area contributed by atoms with Gasteiger partial charge in [-0.05, 0) is 52.4 Å². The number of rotatable bonds is 1. The Balaban J connectivity index is 2.03. The highest BCUT2D eigenvalue weighted by Gasteiger charge is 2.02. The maximum Gasteiger partial charge on any atom is 0.0890 e. The van der Waals surface area contributed by atoms with Gasteiger partial charge in [-0.3, -0.25) is 0 Å². The van der Waals surface area contributed by atoms with Gasteiger partial charge in [0.15, 0.2) is 0 Å². The monoisotopic (exact) mass is 430 g/mol. The standard InChI is InChI=1S/C24H15I/c25-24(22-14-8-3-9-15-22)23(18-16-20-10-4-1-5-11-20)19-17-21-12-6-2-7-13-21/h1-15H. The van der Waals surface area contributed by atoms with E-state index in [0.29, 0.717) is 0 Å². The Morgan fingerprint density at radius 3 is 1.40 bits per heavy atom. The van der Waals surface area contributed by atoms with Crippen molar-refractivity contribution < 1.29 is 0 Å². The van der Waals surface area contributed by atoms with Crippen LogP contribution in [0.4, 0.5) is 0 Å². The molecule has 3 aromatic carbocycles. The quantitative estimate of drug-likeness (QED) is 0.331. The van der Waals surface area contributed by atoms with Crippen molar-refractivity contribution in [2.75, 3.05) is 0 Å². The van der Waals surface area contributed by atoms with Crippen LogP contribution >= 0.6 is 22.6 Å². The average molecular weight is 430 g/mol. The fourth-order valence-corrected chi connectivity index (χ4v) is 2.81. The summed E-state index contributed by atoms with van der Waals surface area (Å²) in [6, 6.07) is 30.2. The molecule has 3 aromatic rings. The Hall–Kier alpha value is -2.75. The minimum Gasteiger partial charge on any atom is -0.0622 e. The van der Waals surface area contributed by atoms with Crippen molar-refractivity contribution in [3.8, 4) is 23.7 Å². The third-order valence-electron chi connectivity index (χ3n) is 3.46. The van der Waals surface area contributed by atoms with Gasteiger partial charge in [0.1, 0.15) is 0 Å². The predicted molar refractivity (Wildman–Crippen MR) is 114 cm³/mol. The lowest BCUT2D eigenvalue weighted by atomic mass is 10.1. The van der Waals surface area contributed by atoms with E-state index in [-0.39, 0.29) is 0 Å². The molecular weight excluding hydrogens is 415 g/mol. The molecule has 0 saturated carbocycles. The zero-order valence-electron chi connectivity index (χ0n) is 13.5. The van der Waals surface area contributed by atoms with Gasteiger partial charge < -0.3 is 0 Å². The molecule has 118 valence electrons. The summed E-state index contributed by atoms with van der Waals surface area (Å²) in [5.74, 6) is 12.9. The molecule has 0 radical (unpaired) electrons. The van der Waals surface area contributed by atoms with Crippen LogP contribution in [0.3, 0.4) is 0 Å². The number of benzene rings is 3. The summed E-state index contributed by atoms with van der Waals surface area (Å²) >= 11 is 2.33. The molecule has 0 amide bonds. The third-order valence-corrected chi connectivity index (χ3v) is 4.62. The molecule has 0 saturated heterocycles. The molecule has 1 heteroatoms. The van der Waals surface area contributed by atoms with Gasteiger partial charge >= 0.3 is 0 Å². The second-order valence-electron chi connectivity index (χ2n) is 5.29. The lowest BCUT2D eigenvalue weighted by molar-refractivity contribution is 1.63. The first-order valence-electron chi connectivity index (χ1n) is 7.92. The molecule has 0 heterocycles. The summed E-state index contributed by atoms with van der Waals surface area (Å²) in [7, 11) is 0. The van der Waals surface area contributed by atoms with E-state index in [4.69, 9.17) is 0 Å². The molecule has 0 bridgehead atoms. The first kappa shape index (κ1) is 17.1. The Kier molecular flexibility index (Phi) is 6.10. The van der Waals surface area contributed by atoms with Crippen LogP contribution in [0.1, 0.15) is 16.7 Å². The van der Waals surface area contributed by atoms with Crippen LogP contribution in [-0.2, 0) is 0 Å². The number of hydrogen-bond donors (Lipinski definition) is 0. The molecular formula is C24H15I. The average Bonchev–Trinajstić information content (AvgIpc) is 2.70.